The molecule has 0 aliphatic rings. The predicted octanol–water partition coefficient (Wildman–Crippen LogP) is 3.65. The van der Waals surface area contributed by atoms with Gasteiger partial charge in [0.1, 0.15) is 0 Å². The number of para-hydroxylation sites is 1. The first kappa shape index (κ1) is 13.5. The summed E-state index contributed by atoms with van der Waals surface area (Å²) in [6, 6.07) is 14.4. The van der Waals surface area contributed by atoms with Crippen LogP contribution in [0.2, 0.25) is 0 Å². The van der Waals surface area contributed by atoms with Crippen LogP contribution in [0.25, 0.3) is 0 Å². The largest absolute Gasteiger partial charge is 0.283 e. The number of rotatable bonds is 4. The fourth-order valence-corrected chi connectivity index (χ4v) is 2.16. The van der Waals surface area contributed by atoms with Gasteiger partial charge in [-0.2, -0.15) is 5.10 Å². The lowest BCUT2D eigenvalue weighted by molar-refractivity contribution is -0.385. The number of nitrogens with one attached hydrogen (secondary N) is 1. The van der Waals surface area contributed by atoms with Gasteiger partial charge < -0.3 is 0 Å². The molecule has 6 heteroatoms. The molecule has 0 aliphatic carbocycles. The first-order valence-electron chi connectivity index (χ1n) is 5.45. The quantitative estimate of drug-likeness (QED) is 0.388. The maximum Gasteiger partial charge on any atom is 0.283 e. The molecule has 0 bridgehead atoms. The summed E-state index contributed by atoms with van der Waals surface area (Å²) in [5.74, 6) is 0. The highest BCUT2D eigenvalue weighted by atomic mass is 127. The summed E-state index contributed by atoms with van der Waals surface area (Å²) in [5, 5.41) is 14.9. The first-order valence-corrected chi connectivity index (χ1v) is 6.53. The number of nitro groups is 1. The lowest BCUT2D eigenvalue weighted by atomic mass is 10.2. The van der Waals surface area contributed by atoms with E-state index in [1.54, 1.807) is 18.3 Å². The Kier molecular flexibility index (Phi) is 4.45. The molecule has 0 saturated heterocycles. The molecule has 19 heavy (non-hydrogen) atoms. The van der Waals surface area contributed by atoms with Gasteiger partial charge in [0, 0.05) is 11.6 Å². The van der Waals surface area contributed by atoms with Gasteiger partial charge in [0.25, 0.3) is 5.69 Å². The molecule has 2 aromatic rings. The van der Waals surface area contributed by atoms with E-state index >= 15 is 0 Å². The zero-order chi connectivity index (χ0) is 13.7. The van der Waals surface area contributed by atoms with Crippen molar-refractivity contribution in [3.05, 3.63) is 67.8 Å². The molecule has 0 spiro atoms. The number of hydrogen-bond donors (Lipinski definition) is 1. The molecule has 0 atom stereocenters. The summed E-state index contributed by atoms with van der Waals surface area (Å²) in [6.07, 6.45) is 1.57. The van der Waals surface area contributed by atoms with Crippen molar-refractivity contribution >= 4 is 40.2 Å². The van der Waals surface area contributed by atoms with E-state index in [0.29, 0.717) is 9.13 Å². The molecule has 0 aromatic heterocycles. The van der Waals surface area contributed by atoms with Crippen LogP contribution in [0.3, 0.4) is 0 Å². The number of benzene rings is 2. The van der Waals surface area contributed by atoms with Gasteiger partial charge in [-0.25, -0.2) is 0 Å². The van der Waals surface area contributed by atoms with Gasteiger partial charge in [-0.1, -0.05) is 30.3 Å². The fraction of sp³-hybridized carbons (Fsp3) is 0. The maximum atomic E-state index is 10.8. The Morgan fingerprint density at radius 3 is 2.58 bits per heavy atom. The lowest BCUT2D eigenvalue weighted by Crippen LogP contribution is -1.97. The van der Waals surface area contributed by atoms with Crippen molar-refractivity contribution in [2.24, 2.45) is 5.10 Å². The lowest BCUT2D eigenvalue weighted by Gasteiger charge is -2.01. The van der Waals surface area contributed by atoms with Crippen LogP contribution in [-0.2, 0) is 0 Å². The van der Waals surface area contributed by atoms with E-state index < -0.39 is 4.92 Å². The highest BCUT2D eigenvalue weighted by Gasteiger charge is 2.13. The Labute approximate surface area is 123 Å². The smallest absolute Gasteiger partial charge is 0.279 e. The average molecular weight is 367 g/mol. The minimum atomic E-state index is -0.399. The Balaban J connectivity index is 2.15. The van der Waals surface area contributed by atoms with Crippen LogP contribution in [0, 0.1) is 13.7 Å². The second kappa shape index (κ2) is 6.28. The van der Waals surface area contributed by atoms with Gasteiger partial charge in [0.2, 0.25) is 0 Å². The molecule has 0 radical (unpaired) electrons. The van der Waals surface area contributed by atoms with Crippen LogP contribution in [0.4, 0.5) is 11.4 Å². The van der Waals surface area contributed by atoms with Crippen molar-refractivity contribution in [3.8, 4) is 0 Å². The molecule has 0 fully saturated rings. The molecule has 0 unspecified atom stereocenters. The van der Waals surface area contributed by atoms with Gasteiger partial charge in [-0.15, -0.1) is 0 Å². The maximum absolute atomic E-state index is 10.8. The summed E-state index contributed by atoms with van der Waals surface area (Å²) >= 11 is 1.95. The van der Waals surface area contributed by atoms with Crippen LogP contribution >= 0.6 is 22.6 Å². The Morgan fingerprint density at radius 1 is 1.16 bits per heavy atom. The van der Waals surface area contributed by atoms with Crippen LogP contribution in [-0.4, -0.2) is 11.1 Å². The molecular formula is C13H10IN3O2. The number of nitrogens with zero attached hydrogens (tertiary/aromatic N) is 2. The van der Waals surface area contributed by atoms with E-state index in [1.165, 1.54) is 6.07 Å². The zero-order valence-corrected chi connectivity index (χ0v) is 11.9. The summed E-state index contributed by atoms with van der Waals surface area (Å²) in [7, 11) is 0. The number of anilines is 1. The third-order valence-electron chi connectivity index (χ3n) is 2.38. The standard InChI is InChI=1S/C13H10IN3O2/c14-13-10(5-4-8-12(13)17(18)19)9-15-16-11-6-2-1-3-7-11/h1-9,16H. The molecular weight excluding hydrogens is 357 g/mol. The highest BCUT2D eigenvalue weighted by molar-refractivity contribution is 14.1. The summed E-state index contributed by atoms with van der Waals surface area (Å²) in [5.41, 5.74) is 4.52. The van der Waals surface area contributed by atoms with E-state index in [4.69, 9.17) is 0 Å². The number of hydrogen-bond acceptors (Lipinski definition) is 4. The number of halogens is 1. The minimum absolute atomic E-state index is 0.0873. The molecule has 2 rings (SSSR count). The van der Waals surface area contributed by atoms with Crippen molar-refractivity contribution in [3.63, 3.8) is 0 Å². The van der Waals surface area contributed by atoms with Crippen LogP contribution < -0.4 is 5.43 Å². The second-order valence-corrected chi connectivity index (χ2v) is 4.75. The van der Waals surface area contributed by atoms with E-state index in [9.17, 15) is 10.1 Å². The summed E-state index contributed by atoms with van der Waals surface area (Å²) in [6.45, 7) is 0. The van der Waals surface area contributed by atoms with Crippen molar-refractivity contribution < 1.29 is 4.92 Å². The van der Waals surface area contributed by atoms with E-state index in [-0.39, 0.29) is 5.69 Å². The predicted molar refractivity (Wildman–Crippen MR) is 83.5 cm³/mol. The van der Waals surface area contributed by atoms with Crippen molar-refractivity contribution in [1.29, 1.82) is 0 Å². The van der Waals surface area contributed by atoms with Crippen molar-refractivity contribution in [2.75, 3.05) is 5.43 Å². The summed E-state index contributed by atoms with van der Waals surface area (Å²) in [4.78, 5) is 10.4. The first-order chi connectivity index (χ1) is 9.18. The average Bonchev–Trinajstić information content (AvgIpc) is 2.41. The molecule has 0 aliphatic heterocycles. The molecule has 5 nitrogen and oxygen atoms in total. The van der Waals surface area contributed by atoms with Crippen LogP contribution in [0.5, 0.6) is 0 Å². The van der Waals surface area contributed by atoms with Crippen LogP contribution in [0.15, 0.2) is 53.6 Å². The fourth-order valence-electron chi connectivity index (χ4n) is 1.47. The van der Waals surface area contributed by atoms with Crippen LogP contribution in [0.1, 0.15) is 5.56 Å². The molecule has 0 saturated carbocycles. The zero-order valence-electron chi connectivity index (χ0n) is 9.79. The van der Waals surface area contributed by atoms with Crippen molar-refractivity contribution in [2.45, 2.75) is 0 Å². The molecule has 96 valence electrons. The normalized spacial score (nSPS) is 10.6. The third kappa shape index (κ3) is 3.50. The van der Waals surface area contributed by atoms with Gasteiger partial charge in [0.15, 0.2) is 0 Å². The van der Waals surface area contributed by atoms with Gasteiger partial charge >= 0.3 is 0 Å². The van der Waals surface area contributed by atoms with Gasteiger partial charge in [-0.05, 0) is 34.7 Å². The second-order valence-electron chi connectivity index (χ2n) is 3.67. The number of hydrazone groups is 1. The minimum Gasteiger partial charge on any atom is -0.279 e. The van der Waals surface area contributed by atoms with E-state index in [0.717, 1.165) is 5.69 Å². The van der Waals surface area contributed by atoms with E-state index in [2.05, 4.69) is 10.5 Å². The SMILES string of the molecule is O=[N+]([O-])c1cccc(C=NNc2ccccc2)c1I. The van der Waals surface area contributed by atoms with Gasteiger partial charge in [-0.3, -0.25) is 15.5 Å². The topological polar surface area (TPSA) is 67.5 Å². The van der Waals surface area contributed by atoms with Crippen molar-refractivity contribution in [1.82, 2.24) is 0 Å². The summed E-state index contributed by atoms with van der Waals surface area (Å²) < 4.78 is 0.573. The molecule has 2 aromatic carbocycles. The molecule has 0 amide bonds. The highest BCUT2D eigenvalue weighted by Crippen LogP contribution is 2.22. The molecule has 0 heterocycles. The Morgan fingerprint density at radius 2 is 1.89 bits per heavy atom. The third-order valence-corrected chi connectivity index (χ3v) is 3.55. The monoisotopic (exact) mass is 367 g/mol. The van der Waals surface area contributed by atoms with E-state index in [1.807, 2.05) is 52.9 Å². The number of nitro benzene ring substituents is 1. The Bertz CT molecular complexity index is 615. The van der Waals surface area contributed by atoms with Gasteiger partial charge in [0.05, 0.1) is 20.4 Å². The molecule has 1 N–H and O–H groups in total. The Hall–Kier alpha value is -1.96.